The third-order valence-electron chi connectivity index (χ3n) is 8.96. The van der Waals surface area contributed by atoms with Crippen molar-refractivity contribution in [3.8, 4) is 17.5 Å². The Balaban J connectivity index is 1.63. The van der Waals surface area contributed by atoms with E-state index in [2.05, 4.69) is 12.2 Å². The average Bonchev–Trinajstić information content (AvgIpc) is 3.40. The first-order valence-electron chi connectivity index (χ1n) is 18.4. The summed E-state index contributed by atoms with van der Waals surface area (Å²) in [6.07, 6.45) is 4.68. The number of halogens is 1. The number of ketones is 1. The first-order chi connectivity index (χ1) is 26.2. The molecule has 0 fully saturated rings. The van der Waals surface area contributed by atoms with Crippen molar-refractivity contribution >= 4 is 34.9 Å². The number of imidazole rings is 1. The molecule has 4 aromatic rings. The maximum Gasteiger partial charge on any atom is 0.335 e. The van der Waals surface area contributed by atoms with Gasteiger partial charge in [0.2, 0.25) is 5.91 Å². The van der Waals surface area contributed by atoms with Gasteiger partial charge in [-0.25, -0.2) is 9.36 Å². The second-order valence-corrected chi connectivity index (χ2v) is 13.6. The van der Waals surface area contributed by atoms with Gasteiger partial charge in [0.1, 0.15) is 30.9 Å². The summed E-state index contributed by atoms with van der Waals surface area (Å²) < 4.78 is 19.1. The van der Waals surface area contributed by atoms with Gasteiger partial charge >= 0.3 is 11.7 Å². The molecule has 1 heterocycles. The zero-order valence-electron chi connectivity index (χ0n) is 31.0. The van der Waals surface area contributed by atoms with Crippen molar-refractivity contribution < 1.29 is 33.7 Å². The number of hydrogen-bond donors (Lipinski definition) is 3. The van der Waals surface area contributed by atoms with Gasteiger partial charge in [-0.15, -0.1) is 11.6 Å². The molecule has 0 spiro atoms. The zero-order valence-corrected chi connectivity index (χ0v) is 31.7. The molecule has 290 valence electrons. The Morgan fingerprint density at radius 3 is 2.20 bits per heavy atom. The molecular formula is C41H51ClN4O8. The summed E-state index contributed by atoms with van der Waals surface area (Å²) in [6, 6.07) is 22.9. The lowest BCUT2D eigenvalue weighted by Crippen LogP contribution is -2.37. The minimum absolute atomic E-state index is 0.00186. The summed E-state index contributed by atoms with van der Waals surface area (Å²) in [5, 5.41) is 13.2. The van der Waals surface area contributed by atoms with E-state index >= 15 is 0 Å². The van der Waals surface area contributed by atoms with E-state index in [4.69, 9.17) is 31.5 Å². The number of esters is 1. The van der Waals surface area contributed by atoms with Crippen LogP contribution in [-0.2, 0) is 20.9 Å². The number of rotatable bonds is 23. The number of methoxy groups -OCH3 is 1. The number of benzene rings is 3. The van der Waals surface area contributed by atoms with Gasteiger partial charge in [-0.05, 0) is 67.6 Å². The van der Waals surface area contributed by atoms with Gasteiger partial charge in [0.15, 0.2) is 5.78 Å². The van der Waals surface area contributed by atoms with Crippen LogP contribution < -0.4 is 26.2 Å². The fourth-order valence-corrected chi connectivity index (χ4v) is 6.53. The molecular weight excluding hydrogens is 712 g/mol. The number of nitrogens with one attached hydrogen (secondary N) is 1. The Kier molecular flexibility index (Phi) is 16.7. The summed E-state index contributed by atoms with van der Waals surface area (Å²) in [7, 11) is 1.51. The molecule has 0 saturated heterocycles. The number of nitrogens with zero attached hydrogens (tertiary/aromatic N) is 2. The predicted octanol–water partition coefficient (Wildman–Crippen LogP) is 6.86. The van der Waals surface area contributed by atoms with Crippen LogP contribution in [0.25, 0.3) is 0 Å². The van der Waals surface area contributed by atoms with Crippen LogP contribution in [0, 0.1) is 0 Å². The molecule has 13 heteroatoms. The van der Waals surface area contributed by atoms with E-state index < -0.39 is 53.2 Å². The number of alkyl halides is 1. The lowest BCUT2D eigenvalue weighted by Gasteiger charge is -2.25. The molecule has 1 amide bonds. The van der Waals surface area contributed by atoms with E-state index in [1.807, 2.05) is 36.4 Å². The highest BCUT2D eigenvalue weighted by atomic mass is 35.5. The van der Waals surface area contributed by atoms with Crippen molar-refractivity contribution in [3.05, 3.63) is 107 Å². The number of hydrogen-bond acceptors (Lipinski definition) is 9. The number of aromatic nitrogens is 2. The number of carbonyl (C=O) groups is 3. The highest BCUT2D eigenvalue weighted by Crippen LogP contribution is 2.35. The van der Waals surface area contributed by atoms with Crippen LogP contribution in [0.3, 0.4) is 0 Å². The second-order valence-electron chi connectivity index (χ2n) is 13.0. The average molecular weight is 763 g/mol. The molecule has 3 aromatic carbocycles. The maximum absolute atomic E-state index is 14.4. The van der Waals surface area contributed by atoms with Crippen LogP contribution in [0.1, 0.15) is 86.7 Å². The van der Waals surface area contributed by atoms with Crippen LogP contribution in [0.15, 0.2) is 89.7 Å². The van der Waals surface area contributed by atoms with Gasteiger partial charge < -0.3 is 30.4 Å². The van der Waals surface area contributed by atoms with Gasteiger partial charge in [-0.1, -0.05) is 81.1 Å². The quantitative estimate of drug-likeness (QED) is 0.0241. The smallest absolute Gasteiger partial charge is 0.335 e. The molecule has 4 N–H and O–H groups in total. The second kappa shape index (κ2) is 21.6. The first kappa shape index (κ1) is 41.7. The summed E-state index contributed by atoms with van der Waals surface area (Å²) in [5.41, 5.74) is 6.56. The van der Waals surface area contributed by atoms with Crippen molar-refractivity contribution in [2.45, 2.75) is 88.8 Å². The molecule has 0 bridgehead atoms. The molecule has 1 aromatic heterocycles. The zero-order chi connectivity index (χ0) is 38.9. The first-order valence-corrected chi connectivity index (χ1v) is 18.9. The minimum Gasteiger partial charge on any atom is -0.497 e. The SMILES string of the molecule is CCCCCCCC(CCC(Cl)C(C(=O)c1ccc(OC)cc1)n1c(O)c(OCCN)n(Cc2ccccc2)c1=O)OC(=O)CC(=O)Nc1ccccc1. The van der Waals surface area contributed by atoms with Crippen LogP contribution >= 0.6 is 11.6 Å². The van der Waals surface area contributed by atoms with Gasteiger partial charge in [0.25, 0.3) is 11.8 Å². The lowest BCUT2D eigenvalue weighted by atomic mass is 9.96. The Morgan fingerprint density at radius 2 is 1.56 bits per heavy atom. The van der Waals surface area contributed by atoms with E-state index in [9.17, 15) is 24.3 Å². The van der Waals surface area contributed by atoms with E-state index in [1.165, 1.54) is 11.7 Å². The number of nitrogens with two attached hydrogens (primary N) is 1. The van der Waals surface area contributed by atoms with Crippen LogP contribution in [-0.4, -0.2) is 63.6 Å². The standard InChI is InChI=1S/C41H51ClN4O8/c1-3-4-5-6-13-18-33(54-36(48)27-35(47)44-31-16-11-8-12-17-31)23-24-34(42)37(38(49)30-19-21-32(52-2)22-20-30)46-39(50)40(53-26-25-43)45(41(46)51)28-29-14-9-7-10-15-29/h7-12,14-17,19-22,33-34,37,50H,3-6,13,18,23-28,43H2,1-2H3,(H,44,47). The number of amides is 1. The van der Waals surface area contributed by atoms with E-state index in [-0.39, 0.29) is 44.0 Å². The van der Waals surface area contributed by atoms with Crippen LogP contribution in [0.2, 0.25) is 0 Å². The topological polar surface area (TPSA) is 164 Å². The van der Waals surface area contributed by atoms with Crippen molar-refractivity contribution in [1.29, 1.82) is 0 Å². The van der Waals surface area contributed by atoms with E-state index in [0.717, 1.165) is 42.2 Å². The lowest BCUT2D eigenvalue weighted by molar-refractivity contribution is -0.151. The largest absolute Gasteiger partial charge is 0.497 e. The highest BCUT2D eigenvalue weighted by molar-refractivity contribution is 6.23. The molecule has 3 atom stereocenters. The molecule has 4 rings (SSSR count). The van der Waals surface area contributed by atoms with Crippen molar-refractivity contribution in [2.24, 2.45) is 5.73 Å². The third-order valence-corrected chi connectivity index (χ3v) is 9.42. The minimum atomic E-state index is -1.39. The molecule has 54 heavy (non-hydrogen) atoms. The van der Waals surface area contributed by atoms with Crippen molar-refractivity contribution in [1.82, 2.24) is 9.13 Å². The number of anilines is 1. The number of para-hydroxylation sites is 1. The summed E-state index contributed by atoms with van der Waals surface area (Å²) in [4.78, 5) is 54.2. The Morgan fingerprint density at radius 1 is 0.889 bits per heavy atom. The third kappa shape index (κ3) is 12.0. The van der Waals surface area contributed by atoms with Gasteiger partial charge in [-0.2, -0.15) is 0 Å². The maximum atomic E-state index is 14.4. The molecule has 0 aliphatic rings. The Labute approximate surface area is 321 Å². The highest BCUT2D eigenvalue weighted by Gasteiger charge is 2.37. The number of unbranched alkanes of at least 4 members (excludes halogenated alkanes) is 4. The predicted molar refractivity (Wildman–Crippen MR) is 209 cm³/mol. The van der Waals surface area contributed by atoms with Crippen LogP contribution in [0.4, 0.5) is 5.69 Å². The number of Topliss-reactive ketones (excluding diaryl/α,β-unsaturated/α-hetero) is 1. The van der Waals surface area contributed by atoms with Crippen LogP contribution in [0.5, 0.6) is 17.5 Å². The Hall–Kier alpha value is -5.07. The molecule has 3 unspecified atom stereocenters. The van der Waals surface area contributed by atoms with Crippen molar-refractivity contribution in [3.63, 3.8) is 0 Å². The molecule has 0 aliphatic carbocycles. The summed E-state index contributed by atoms with van der Waals surface area (Å²) >= 11 is 7.12. The molecule has 0 saturated carbocycles. The van der Waals surface area contributed by atoms with E-state index in [1.54, 1.807) is 48.5 Å². The summed E-state index contributed by atoms with van der Waals surface area (Å²) in [6.45, 7) is 2.29. The number of carbonyl (C=O) groups excluding carboxylic acids is 3. The fourth-order valence-electron chi connectivity index (χ4n) is 6.18. The van der Waals surface area contributed by atoms with E-state index in [0.29, 0.717) is 17.9 Å². The Bertz CT molecular complexity index is 1830. The molecule has 0 radical (unpaired) electrons. The number of ether oxygens (including phenoxy) is 3. The number of aromatic hydroxyl groups is 1. The molecule has 0 aliphatic heterocycles. The van der Waals surface area contributed by atoms with Gasteiger partial charge in [0.05, 0.1) is 19.0 Å². The van der Waals surface area contributed by atoms with Gasteiger partial charge in [-0.3, -0.25) is 19.0 Å². The fraction of sp³-hybridized carbons (Fsp3) is 0.415. The monoisotopic (exact) mass is 762 g/mol. The van der Waals surface area contributed by atoms with Crippen molar-refractivity contribution in [2.75, 3.05) is 25.6 Å². The molecule has 12 nitrogen and oxygen atoms in total. The normalized spacial score (nSPS) is 12.7. The van der Waals surface area contributed by atoms with Gasteiger partial charge in [0, 0.05) is 17.8 Å². The summed E-state index contributed by atoms with van der Waals surface area (Å²) in [5.74, 6) is -1.90.